The van der Waals surface area contributed by atoms with E-state index in [0.717, 1.165) is 49.6 Å². The quantitative estimate of drug-likeness (QED) is 0.488. The third-order valence-electron chi connectivity index (χ3n) is 8.46. The van der Waals surface area contributed by atoms with E-state index in [1.54, 1.807) is 12.1 Å². The topological polar surface area (TPSA) is 73.9 Å². The molecule has 0 atom stereocenters. The average molecular weight is 485 g/mol. The minimum Gasteiger partial charge on any atom is -0.465 e. The van der Waals surface area contributed by atoms with Crippen molar-refractivity contribution in [2.75, 3.05) is 50.6 Å². The summed E-state index contributed by atoms with van der Waals surface area (Å²) in [6.07, 6.45) is 8.25. The van der Waals surface area contributed by atoms with Crippen molar-refractivity contribution >= 4 is 40.6 Å². The third-order valence-corrected chi connectivity index (χ3v) is 8.67. The highest BCUT2D eigenvalue weighted by molar-refractivity contribution is 7.80. The van der Waals surface area contributed by atoms with Crippen molar-refractivity contribution in [2.24, 2.45) is 23.2 Å². The van der Waals surface area contributed by atoms with Crippen LogP contribution in [0, 0.1) is 23.2 Å². The van der Waals surface area contributed by atoms with Crippen molar-refractivity contribution in [2.45, 2.75) is 44.9 Å². The van der Waals surface area contributed by atoms with Crippen LogP contribution in [0.15, 0.2) is 18.2 Å². The highest BCUT2D eigenvalue weighted by Gasteiger charge is 2.51. The van der Waals surface area contributed by atoms with Crippen LogP contribution >= 0.6 is 12.2 Å². The molecule has 1 amide bonds. The molecule has 1 aliphatic heterocycles. The maximum Gasteiger partial charge on any atom is 0.337 e. The fourth-order valence-electron chi connectivity index (χ4n) is 7.38. The third kappa shape index (κ3) is 4.93. The van der Waals surface area contributed by atoms with Gasteiger partial charge in [-0.2, -0.15) is 0 Å². The van der Waals surface area contributed by atoms with Gasteiger partial charge in [0.2, 0.25) is 5.91 Å². The SMILES string of the molecule is COC(=O)c1ccc(N2CCN(C)CC2)c(NC(=S)NC(=O)CC23CC4CC(CC(C4)C2)C3)c1. The van der Waals surface area contributed by atoms with E-state index in [4.69, 9.17) is 17.0 Å². The number of esters is 1. The lowest BCUT2D eigenvalue weighted by Gasteiger charge is -2.56. The molecule has 0 radical (unpaired) electrons. The number of rotatable bonds is 5. The van der Waals surface area contributed by atoms with Crippen molar-refractivity contribution in [1.82, 2.24) is 10.2 Å². The second-order valence-corrected chi connectivity index (χ2v) is 11.5. The summed E-state index contributed by atoms with van der Waals surface area (Å²) in [5.74, 6) is 2.05. The number of ether oxygens (including phenoxy) is 1. The number of methoxy groups -OCH3 is 1. The van der Waals surface area contributed by atoms with Gasteiger partial charge in [0.05, 0.1) is 24.0 Å². The van der Waals surface area contributed by atoms with Gasteiger partial charge < -0.3 is 25.2 Å². The van der Waals surface area contributed by atoms with Crippen molar-refractivity contribution in [3.63, 3.8) is 0 Å². The van der Waals surface area contributed by atoms with Gasteiger partial charge in [0.1, 0.15) is 0 Å². The number of thiocarbonyl (C=S) groups is 1. The van der Waals surface area contributed by atoms with E-state index in [0.29, 0.717) is 17.7 Å². The summed E-state index contributed by atoms with van der Waals surface area (Å²) >= 11 is 5.55. The first-order valence-corrected chi connectivity index (χ1v) is 13.0. The summed E-state index contributed by atoms with van der Waals surface area (Å²) < 4.78 is 4.90. The summed E-state index contributed by atoms with van der Waals surface area (Å²) in [4.78, 5) is 29.8. The number of nitrogens with one attached hydrogen (secondary N) is 2. The predicted molar refractivity (Wildman–Crippen MR) is 137 cm³/mol. The number of carbonyl (C=O) groups excluding carboxylic acids is 2. The Kier molecular flexibility index (Phi) is 6.55. The molecule has 1 saturated heterocycles. The lowest BCUT2D eigenvalue weighted by atomic mass is 9.49. The molecular formula is C26H36N4O3S. The fraction of sp³-hybridized carbons (Fsp3) is 0.654. The van der Waals surface area contributed by atoms with Gasteiger partial charge in [-0.25, -0.2) is 4.79 Å². The van der Waals surface area contributed by atoms with Gasteiger partial charge in [-0.05, 0) is 99.2 Å². The minimum absolute atomic E-state index is 0.00437. The van der Waals surface area contributed by atoms with Crippen LogP contribution in [-0.2, 0) is 9.53 Å². The molecule has 2 N–H and O–H groups in total. The maximum atomic E-state index is 13.0. The van der Waals surface area contributed by atoms with E-state index in [9.17, 15) is 9.59 Å². The Labute approximate surface area is 207 Å². The fourth-order valence-corrected chi connectivity index (χ4v) is 7.60. The van der Waals surface area contributed by atoms with Crippen molar-refractivity contribution < 1.29 is 14.3 Å². The average Bonchev–Trinajstić information content (AvgIpc) is 2.77. The molecule has 6 rings (SSSR count). The van der Waals surface area contributed by atoms with E-state index < -0.39 is 5.97 Å². The number of likely N-dealkylation sites (N-methyl/N-ethyl adjacent to an activating group) is 1. The van der Waals surface area contributed by atoms with Gasteiger partial charge >= 0.3 is 5.97 Å². The molecule has 5 fully saturated rings. The number of carbonyl (C=O) groups is 2. The van der Waals surface area contributed by atoms with Gasteiger partial charge in [0.15, 0.2) is 5.11 Å². The molecule has 4 aliphatic carbocycles. The van der Waals surface area contributed by atoms with Gasteiger partial charge in [0.25, 0.3) is 0 Å². The lowest BCUT2D eigenvalue weighted by Crippen LogP contribution is -2.48. The van der Waals surface area contributed by atoms with Crippen LogP contribution in [0.25, 0.3) is 0 Å². The number of hydrogen-bond acceptors (Lipinski definition) is 6. The zero-order valence-corrected chi connectivity index (χ0v) is 21.1. The largest absolute Gasteiger partial charge is 0.465 e. The van der Waals surface area contributed by atoms with E-state index in [2.05, 4.69) is 27.5 Å². The molecule has 1 aromatic rings. The van der Waals surface area contributed by atoms with Crippen LogP contribution in [0.2, 0.25) is 0 Å². The number of nitrogens with zero attached hydrogens (tertiary/aromatic N) is 2. The molecule has 4 bridgehead atoms. The Morgan fingerprint density at radius 2 is 1.68 bits per heavy atom. The number of benzene rings is 1. The zero-order valence-electron chi connectivity index (χ0n) is 20.3. The van der Waals surface area contributed by atoms with Crippen molar-refractivity contribution in [3.05, 3.63) is 23.8 Å². The highest BCUT2D eigenvalue weighted by Crippen LogP contribution is 2.61. The molecule has 5 aliphatic rings. The van der Waals surface area contributed by atoms with E-state index >= 15 is 0 Å². The van der Waals surface area contributed by atoms with Gasteiger partial charge in [-0.1, -0.05) is 0 Å². The number of hydrogen-bond donors (Lipinski definition) is 2. The molecule has 0 unspecified atom stereocenters. The van der Waals surface area contributed by atoms with E-state index in [1.807, 2.05) is 6.07 Å². The summed E-state index contributed by atoms with van der Waals surface area (Å²) in [7, 11) is 3.49. The van der Waals surface area contributed by atoms with Gasteiger partial charge in [-0.15, -0.1) is 0 Å². The molecule has 34 heavy (non-hydrogen) atoms. The zero-order chi connectivity index (χ0) is 23.9. The second-order valence-electron chi connectivity index (χ2n) is 11.1. The summed E-state index contributed by atoms with van der Waals surface area (Å²) in [6.45, 7) is 3.69. The normalized spacial score (nSPS) is 30.2. The van der Waals surface area contributed by atoms with Crippen LogP contribution in [0.3, 0.4) is 0 Å². The van der Waals surface area contributed by atoms with Crippen LogP contribution in [0.1, 0.15) is 55.3 Å². The van der Waals surface area contributed by atoms with Crippen LogP contribution < -0.4 is 15.5 Å². The summed E-state index contributed by atoms with van der Waals surface area (Å²) in [5, 5.41) is 6.44. The Morgan fingerprint density at radius 3 is 2.26 bits per heavy atom. The maximum absolute atomic E-state index is 13.0. The van der Waals surface area contributed by atoms with E-state index in [-0.39, 0.29) is 16.4 Å². The predicted octanol–water partition coefficient (Wildman–Crippen LogP) is 3.64. The first-order valence-electron chi connectivity index (χ1n) is 12.6. The minimum atomic E-state index is -0.398. The molecule has 0 aromatic heterocycles. The van der Waals surface area contributed by atoms with Crippen LogP contribution in [-0.4, -0.2) is 62.2 Å². The molecule has 4 saturated carbocycles. The first-order chi connectivity index (χ1) is 16.3. The van der Waals surface area contributed by atoms with Crippen molar-refractivity contribution in [3.8, 4) is 0 Å². The monoisotopic (exact) mass is 484 g/mol. The summed E-state index contributed by atoms with van der Waals surface area (Å²) in [6, 6.07) is 5.47. The number of piperazine rings is 1. The molecule has 8 heteroatoms. The Balaban J connectivity index is 1.26. The number of amides is 1. The Hall–Kier alpha value is -2.19. The van der Waals surface area contributed by atoms with Gasteiger partial charge in [0, 0.05) is 32.6 Å². The smallest absolute Gasteiger partial charge is 0.337 e. The van der Waals surface area contributed by atoms with Gasteiger partial charge in [-0.3, -0.25) is 4.79 Å². The molecule has 1 aromatic carbocycles. The number of anilines is 2. The van der Waals surface area contributed by atoms with Crippen LogP contribution in [0.4, 0.5) is 11.4 Å². The summed E-state index contributed by atoms with van der Waals surface area (Å²) in [5.41, 5.74) is 2.31. The molecule has 0 spiro atoms. The Bertz CT molecular complexity index is 938. The lowest BCUT2D eigenvalue weighted by molar-refractivity contribution is -0.127. The van der Waals surface area contributed by atoms with E-state index in [1.165, 1.54) is 45.6 Å². The Morgan fingerprint density at radius 1 is 1.06 bits per heavy atom. The standard InChI is InChI=1S/C26H36N4O3S/c1-29-5-7-30(8-6-29)22-4-3-20(24(32)33-2)12-21(22)27-25(34)28-23(31)16-26-13-17-9-18(14-26)11-19(10-17)15-26/h3-4,12,17-19H,5-11,13-16H2,1-2H3,(H2,27,28,31,34). The van der Waals surface area contributed by atoms with Crippen molar-refractivity contribution in [1.29, 1.82) is 0 Å². The molecule has 7 nitrogen and oxygen atoms in total. The highest BCUT2D eigenvalue weighted by atomic mass is 32.1. The van der Waals surface area contributed by atoms with Crippen LogP contribution in [0.5, 0.6) is 0 Å². The second kappa shape index (κ2) is 9.46. The molecular weight excluding hydrogens is 448 g/mol. The molecule has 184 valence electrons. The molecule has 1 heterocycles. The first kappa shape index (κ1) is 23.5.